The number of benzene rings is 1. The lowest BCUT2D eigenvalue weighted by Gasteiger charge is -2.19. The normalized spacial score (nSPS) is 11.5. The van der Waals surface area contributed by atoms with Gasteiger partial charge in [0.15, 0.2) is 0 Å². The third kappa shape index (κ3) is 4.20. The molecule has 1 aromatic heterocycles. The molecule has 0 saturated carbocycles. The second-order valence-corrected chi connectivity index (χ2v) is 6.16. The zero-order chi connectivity index (χ0) is 13.7. The second kappa shape index (κ2) is 6.01. The average Bonchev–Trinajstić information content (AvgIpc) is 2.39. The van der Waals surface area contributed by atoms with E-state index in [1.807, 2.05) is 12.4 Å². The molecule has 0 amide bonds. The van der Waals surface area contributed by atoms with E-state index in [4.69, 9.17) is 0 Å². The summed E-state index contributed by atoms with van der Waals surface area (Å²) in [7, 11) is 0. The number of aromatic nitrogens is 1. The summed E-state index contributed by atoms with van der Waals surface area (Å²) >= 11 is 0. The van der Waals surface area contributed by atoms with E-state index < -0.39 is 0 Å². The van der Waals surface area contributed by atoms with Gasteiger partial charge < -0.3 is 0 Å². The Labute approximate surface area is 116 Å². The van der Waals surface area contributed by atoms with Gasteiger partial charge in [-0.05, 0) is 53.5 Å². The van der Waals surface area contributed by atoms with Crippen LogP contribution in [0.3, 0.4) is 0 Å². The Morgan fingerprint density at radius 3 is 1.84 bits per heavy atom. The molecule has 100 valence electrons. The van der Waals surface area contributed by atoms with Crippen molar-refractivity contribution < 1.29 is 0 Å². The molecule has 2 aromatic rings. The predicted molar refractivity (Wildman–Crippen MR) is 81.4 cm³/mol. The molecule has 0 aliphatic carbocycles. The van der Waals surface area contributed by atoms with Gasteiger partial charge in [-0.1, -0.05) is 45.0 Å². The minimum absolute atomic E-state index is 0.246. The van der Waals surface area contributed by atoms with Crippen LogP contribution in [0.25, 0.3) is 0 Å². The molecule has 0 radical (unpaired) electrons. The van der Waals surface area contributed by atoms with Crippen molar-refractivity contribution in [3.05, 3.63) is 65.5 Å². The summed E-state index contributed by atoms with van der Waals surface area (Å²) in [6.45, 7) is 6.77. The molecule has 0 aliphatic heterocycles. The molecule has 2 rings (SSSR count). The van der Waals surface area contributed by atoms with Crippen molar-refractivity contribution in [1.82, 2.24) is 4.98 Å². The molecule has 0 spiro atoms. The summed E-state index contributed by atoms with van der Waals surface area (Å²) in [6.07, 6.45) is 7.20. The van der Waals surface area contributed by atoms with Crippen molar-refractivity contribution in [2.24, 2.45) is 0 Å². The van der Waals surface area contributed by atoms with Crippen molar-refractivity contribution in [1.29, 1.82) is 0 Å². The Kier molecular flexibility index (Phi) is 4.36. The van der Waals surface area contributed by atoms with Crippen LogP contribution >= 0.6 is 0 Å². The number of nitrogens with zero attached hydrogens (tertiary/aromatic N) is 1. The topological polar surface area (TPSA) is 12.9 Å². The maximum absolute atomic E-state index is 4.04. The molecule has 0 fully saturated rings. The third-order valence-electron chi connectivity index (χ3n) is 3.50. The summed E-state index contributed by atoms with van der Waals surface area (Å²) in [5.74, 6) is 0. The summed E-state index contributed by atoms with van der Waals surface area (Å²) in [6, 6.07) is 13.3. The minimum atomic E-state index is 0.246. The predicted octanol–water partition coefficient (Wildman–Crippen LogP) is 4.55. The lowest BCUT2D eigenvalue weighted by Crippen LogP contribution is -2.10. The van der Waals surface area contributed by atoms with Gasteiger partial charge in [-0.2, -0.15) is 0 Å². The number of hydrogen-bond acceptors (Lipinski definition) is 1. The first-order chi connectivity index (χ1) is 9.05. The van der Waals surface area contributed by atoms with Crippen LogP contribution in [0.2, 0.25) is 0 Å². The highest BCUT2D eigenvalue weighted by Gasteiger charge is 2.12. The first-order valence-corrected chi connectivity index (χ1v) is 7.04. The molecule has 19 heavy (non-hydrogen) atoms. The van der Waals surface area contributed by atoms with E-state index in [0.29, 0.717) is 0 Å². The van der Waals surface area contributed by atoms with Gasteiger partial charge in [-0.3, -0.25) is 4.98 Å². The van der Waals surface area contributed by atoms with Crippen molar-refractivity contribution >= 4 is 0 Å². The number of hydrogen-bond donors (Lipinski definition) is 0. The zero-order valence-corrected chi connectivity index (χ0v) is 12.2. The van der Waals surface area contributed by atoms with E-state index in [1.165, 1.54) is 23.1 Å². The van der Waals surface area contributed by atoms with E-state index in [0.717, 1.165) is 12.8 Å². The van der Waals surface area contributed by atoms with Crippen LogP contribution in [0.4, 0.5) is 0 Å². The first kappa shape index (κ1) is 13.8. The lowest BCUT2D eigenvalue weighted by molar-refractivity contribution is 0.590. The highest BCUT2D eigenvalue weighted by molar-refractivity contribution is 5.27. The minimum Gasteiger partial charge on any atom is -0.265 e. The monoisotopic (exact) mass is 253 g/mol. The van der Waals surface area contributed by atoms with Gasteiger partial charge in [0.05, 0.1) is 0 Å². The number of rotatable bonds is 4. The van der Waals surface area contributed by atoms with Crippen LogP contribution in [0.5, 0.6) is 0 Å². The summed E-state index contributed by atoms with van der Waals surface area (Å²) < 4.78 is 0. The van der Waals surface area contributed by atoms with E-state index in [1.54, 1.807) is 0 Å². The van der Waals surface area contributed by atoms with Crippen molar-refractivity contribution in [2.45, 2.75) is 45.4 Å². The fourth-order valence-electron chi connectivity index (χ4n) is 2.22. The molecule has 0 saturated heterocycles. The van der Waals surface area contributed by atoms with Crippen LogP contribution in [0.15, 0.2) is 48.8 Å². The average molecular weight is 253 g/mol. The van der Waals surface area contributed by atoms with Crippen LogP contribution in [0, 0.1) is 0 Å². The molecular weight excluding hydrogens is 230 g/mol. The standard InChI is InChI=1S/C18H23N/c1-18(2,3)17-9-7-15(8-10-17)5-4-6-16-11-13-19-14-12-16/h7-14H,4-6H2,1-3H3. The van der Waals surface area contributed by atoms with E-state index in [9.17, 15) is 0 Å². The Morgan fingerprint density at radius 2 is 1.32 bits per heavy atom. The number of pyridine rings is 1. The Balaban J connectivity index is 1.87. The summed E-state index contributed by atoms with van der Waals surface area (Å²) in [5, 5.41) is 0. The molecule has 1 aromatic carbocycles. The maximum atomic E-state index is 4.04. The highest BCUT2D eigenvalue weighted by atomic mass is 14.6. The largest absolute Gasteiger partial charge is 0.265 e. The molecule has 0 N–H and O–H groups in total. The van der Waals surface area contributed by atoms with Crippen molar-refractivity contribution in [2.75, 3.05) is 0 Å². The molecule has 1 heterocycles. The molecule has 0 atom stereocenters. The van der Waals surface area contributed by atoms with Gasteiger partial charge in [-0.15, -0.1) is 0 Å². The molecular formula is C18H23N. The smallest absolute Gasteiger partial charge is 0.0270 e. The molecule has 0 aliphatic rings. The van der Waals surface area contributed by atoms with Crippen LogP contribution in [-0.2, 0) is 18.3 Å². The fraction of sp³-hybridized carbons (Fsp3) is 0.389. The molecule has 1 nitrogen and oxygen atoms in total. The molecule has 0 bridgehead atoms. The van der Waals surface area contributed by atoms with E-state index >= 15 is 0 Å². The van der Waals surface area contributed by atoms with Crippen LogP contribution in [-0.4, -0.2) is 4.98 Å². The van der Waals surface area contributed by atoms with Gasteiger partial charge in [0.2, 0.25) is 0 Å². The molecule has 0 unspecified atom stereocenters. The first-order valence-electron chi connectivity index (χ1n) is 7.04. The van der Waals surface area contributed by atoms with Crippen LogP contribution in [0.1, 0.15) is 43.9 Å². The van der Waals surface area contributed by atoms with Gasteiger partial charge >= 0.3 is 0 Å². The van der Waals surface area contributed by atoms with E-state index in [2.05, 4.69) is 62.2 Å². The van der Waals surface area contributed by atoms with Gasteiger partial charge in [-0.25, -0.2) is 0 Å². The zero-order valence-electron chi connectivity index (χ0n) is 12.2. The number of aryl methyl sites for hydroxylation is 2. The Bertz CT molecular complexity index is 491. The van der Waals surface area contributed by atoms with E-state index in [-0.39, 0.29) is 5.41 Å². The molecule has 1 heteroatoms. The quantitative estimate of drug-likeness (QED) is 0.778. The van der Waals surface area contributed by atoms with Gasteiger partial charge in [0.25, 0.3) is 0 Å². The lowest BCUT2D eigenvalue weighted by atomic mass is 9.86. The van der Waals surface area contributed by atoms with Crippen molar-refractivity contribution in [3.63, 3.8) is 0 Å². The maximum Gasteiger partial charge on any atom is 0.0270 e. The second-order valence-electron chi connectivity index (χ2n) is 6.16. The van der Waals surface area contributed by atoms with Gasteiger partial charge in [0, 0.05) is 12.4 Å². The van der Waals surface area contributed by atoms with Gasteiger partial charge in [0.1, 0.15) is 0 Å². The van der Waals surface area contributed by atoms with Crippen molar-refractivity contribution in [3.8, 4) is 0 Å². The van der Waals surface area contributed by atoms with Crippen LogP contribution < -0.4 is 0 Å². The highest BCUT2D eigenvalue weighted by Crippen LogP contribution is 2.22. The fourth-order valence-corrected chi connectivity index (χ4v) is 2.22. The summed E-state index contributed by atoms with van der Waals surface area (Å²) in [5.41, 5.74) is 4.46. The third-order valence-corrected chi connectivity index (χ3v) is 3.50. The Morgan fingerprint density at radius 1 is 0.789 bits per heavy atom. The Hall–Kier alpha value is -1.63. The SMILES string of the molecule is CC(C)(C)c1ccc(CCCc2ccncc2)cc1. The summed E-state index contributed by atoms with van der Waals surface area (Å²) in [4.78, 5) is 4.04.